The van der Waals surface area contributed by atoms with Gasteiger partial charge in [-0.3, -0.25) is 9.59 Å². The van der Waals surface area contributed by atoms with E-state index in [-0.39, 0.29) is 16.9 Å². The van der Waals surface area contributed by atoms with Gasteiger partial charge in [0, 0.05) is 41.9 Å². The molecule has 2 N–H and O–H groups in total. The average Bonchev–Trinajstić information content (AvgIpc) is 2.97. The minimum atomic E-state index is -0.336. The van der Waals surface area contributed by atoms with Crippen molar-refractivity contribution < 1.29 is 4.79 Å². The molecule has 1 aliphatic heterocycles. The Kier molecular flexibility index (Phi) is 4.21. The van der Waals surface area contributed by atoms with Crippen LogP contribution in [0.1, 0.15) is 22.8 Å². The molecule has 0 aliphatic carbocycles. The quantitative estimate of drug-likeness (QED) is 0.763. The zero-order valence-corrected chi connectivity index (χ0v) is 14.7. The molecule has 0 saturated heterocycles. The maximum absolute atomic E-state index is 12.5. The molecule has 0 fully saturated rings. The van der Waals surface area contributed by atoms with E-state index < -0.39 is 0 Å². The summed E-state index contributed by atoms with van der Waals surface area (Å²) in [6.07, 6.45) is 2.52. The lowest BCUT2D eigenvalue weighted by Crippen LogP contribution is -2.39. The van der Waals surface area contributed by atoms with Crippen molar-refractivity contribution in [2.75, 3.05) is 18.0 Å². The van der Waals surface area contributed by atoms with Gasteiger partial charge in [-0.1, -0.05) is 30.3 Å². The number of carbonyl (C=O) groups is 1. The first-order chi connectivity index (χ1) is 12.6. The van der Waals surface area contributed by atoms with Crippen molar-refractivity contribution in [1.29, 1.82) is 0 Å². The van der Waals surface area contributed by atoms with Crippen molar-refractivity contribution in [3.63, 3.8) is 0 Å². The monoisotopic (exact) mass is 347 g/mol. The standard InChI is InChI=1S/C21H21N3O2/c1-14-12-15-6-2-5-9-19(15)24(14)11-10-22-21(26)17-13-23-18-8-4-3-7-16(18)20(17)25/h2-9,13-14H,10-12H2,1H3,(H,22,26)(H,23,25)/t14-/m0/s1. The van der Waals surface area contributed by atoms with Crippen molar-refractivity contribution in [3.05, 3.63) is 76.1 Å². The molecule has 1 amide bonds. The predicted molar refractivity (Wildman–Crippen MR) is 104 cm³/mol. The van der Waals surface area contributed by atoms with E-state index >= 15 is 0 Å². The molecule has 0 bridgehead atoms. The van der Waals surface area contributed by atoms with Crippen molar-refractivity contribution >= 4 is 22.5 Å². The summed E-state index contributed by atoms with van der Waals surface area (Å²) < 4.78 is 0. The summed E-state index contributed by atoms with van der Waals surface area (Å²) in [4.78, 5) is 30.3. The lowest BCUT2D eigenvalue weighted by Gasteiger charge is -2.25. The topological polar surface area (TPSA) is 65.2 Å². The Bertz CT molecular complexity index is 1020. The van der Waals surface area contributed by atoms with Crippen LogP contribution in [-0.2, 0) is 6.42 Å². The van der Waals surface area contributed by atoms with Crippen molar-refractivity contribution in [2.45, 2.75) is 19.4 Å². The van der Waals surface area contributed by atoms with Gasteiger partial charge in [-0.25, -0.2) is 0 Å². The number of carbonyl (C=O) groups excluding carboxylic acids is 1. The van der Waals surface area contributed by atoms with Gasteiger partial charge in [0.15, 0.2) is 0 Å². The van der Waals surface area contributed by atoms with E-state index in [4.69, 9.17) is 0 Å². The number of hydrogen-bond acceptors (Lipinski definition) is 3. The van der Waals surface area contributed by atoms with E-state index in [1.54, 1.807) is 12.1 Å². The van der Waals surface area contributed by atoms with Crippen LogP contribution in [0.25, 0.3) is 10.9 Å². The first kappa shape index (κ1) is 16.4. The van der Waals surface area contributed by atoms with Crippen LogP contribution in [0.2, 0.25) is 0 Å². The number of benzene rings is 2. The molecule has 5 heteroatoms. The van der Waals surface area contributed by atoms with E-state index in [1.165, 1.54) is 17.4 Å². The number of anilines is 1. The van der Waals surface area contributed by atoms with Crippen LogP contribution in [0.3, 0.4) is 0 Å². The fourth-order valence-corrected chi connectivity index (χ4v) is 3.69. The number of nitrogens with zero attached hydrogens (tertiary/aromatic N) is 1. The van der Waals surface area contributed by atoms with Crippen LogP contribution >= 0.6 is 0 Å². The van der Waals surface area contributed by atoms with Gasteiger partial charge in [0.05, 0.1) is 0 Å². The summed E-state index contributed by atoms with van der Waals surface area (Å²) in [7, 11) is 0. The van der Waals surface area contributed by atoms with Crippen LogP contribution in [0.15, 0.2) is 59.5 Å². The molecule has 3 aromatic rings. The van der Waals surface area contributed by atoms with E-state index in [1.807, 2.05) is 18.2 Å². The number of amides is 1. The van der Waals surface area contributed by atoms with Crippen LogP contribution in [0, 0.1) is 0 Å². The van der Waals surface area contributed by atoms with Gasteiger partial charge in [0.2, 0.25) is 5.43 Å². The maximum Gasteiger partial charge on any atom is 0.256 e. The summed E-state index contributed by atoms with van der Waals surface area (Å²) in [5, 5.41) is 3.41. The van der Waals surface area contributed by atoms with Gasteiger partial charge in [-0.15, -0.1) is 0 Å². The predicted octanol–water partition coefficient (Wildman–Crippen LogP) is 2.71. The number of fused-ring (bicyclic) bond motifs is 2. The summed E-state index contributed by atoms with van der Waals surface area (Å²) in [6.45, 7) is 3.40. The molecule has 5 nitrogen and oxygen atoms in total. The molecule has 0 unspecified atom stereocenters. The molecule has 0 saturated carbocycles. The van der Waals surface area contributed by atoms with Crippen molar-refractivity contribution in [2.24, 2.45) is 0 Å². The Morgan fingerprint density at radius 3 is 2.85 bits per heavy atom. The Balaban J connectivity index is 1.45. The number of nitrogens with one attached hydrogen (secondary N) is 2. The molecule has 26 heavy (non-hydrogen) atoms. The molecule has 1 aromatic heterocycles. The minimum absolute atomic E-state index is 0.151. The summed E-state index contributed by atoms with van der Waals surface area (Å²) in [5.41, 5.74) is 3.22. The van der Waals surface area contributed by atoms with Gasteiger partial charge in [0.25, 0.3) is 5.91 Å². The number of hydrogen-bond donors (Lipinski definition) is 2. The Morgan fingerprint density at radius 1 is 1.19 bits per heavy atom. The van der Waals surface area contributed by atoms with E-state index in [0.29, 0.717) is 18.0 Å². The van der Waals surface area contributed by atoms with E-state index in [9.17, 15) is 9.59 Å². The number of para-hydroxylation sites is 2. The Hall–Kier alpha value is -3.08. The molecule has 2 heterocycles. The maximum atomic E-state index is 12.5. The Labute approximate surface area is 151 Å². The smallest absolute Gasteiger partial charge is 0.256 e. The minimum Gasteiger partial charge on any atom is -0.367 e. The highest BCUT2D eigenvalue weighted by molar-refractivity contribution is 5.97. The molecule has 0 spiro atoms. The Morgan fingerprint density at radius 2 is 1.96 bits per heavy atom. The highest BCUT2D eigenvalue weighted by Gasteiger charge is 2.25. The second kappa shape index (κ2) is 6.67. The second-order valence-electron chi connectivity index (χ2n) is 6.71. The zero-order valence-electron chi connectivity index (χ0n) is 14.7. The van der Waals surface area contributed by atoms with Crippen LogP contribution in [-0.4, -0.2) is 30.0 Å². The lowest BCUT2D eigenvalue weighted by molar-refractivity contribution is 0.0953. The lowest BCUT2D eigenvalue weighted by atomic mass is 10.1. The first-order valence-corrected chi connectivity index (χ1v) is 8.88. The first-order valence-electron chi connectivity index (χ1n) is 8.88. The summed E-state index contributed by atoms with van der Waals surface area (Å²) in [5.74, 6) is -0.336. The highest BCUT2D eigenvalue weighted by atomic mass is 16.2. The van der Waals surface area contributed by atoms with E-state index in [0.717, 1.165) is 18.5 Å². The van der Waals surface area contributed by atoms with Gasteiger partial charge in [-0.05, 0) is 37.1 Å². The van der Waals surface area contributed by atoms with E-state index in [2.05, 4.69) is 40.3 Å². The molecular weight excluding hydrogens is 326 g/mol. The summed E-state index contributed by atoms with van der Waals surface area (Å²) >= 11 is 0. The van der Waals surface area contributed by atoms with Gasteiger partial charge >= 0.3 is 0 Å². The highest BCUT2D eigenvalue weighted by Crippen LogP contribution is 2.31. The van der Waals surface area contributed by atoms with Crippen molar-refractivity contribution in [3.8, 4) is 0 Å². The number of aromatic nitrogens is 1. The molecule has 4 rings (SSSR count). The van der Waals surface area contributed by atoms with Gasteiger partial charge in [0.1, 0.15) is 5.56 Å². The average molecular weight is 347 g/mol. The number of rotatable bonds is 4. The largest absolute Gasteiger partial charge is 0.367 e. The zero-order chi connectivity index (χ0) is 18.1. The van der Waals surface area contributed by atoms with Crippen LogP contribution in [0.5, 0.6) is 0 Å². The fraction of sp³-hybridized carbons (Fsp3) is 0.238. The van der Waals surface area contributed by atoms with Gasteiger partial charge < -0.3 is 15.2 Å². The third-order valence-electron chi connectivity index (χ3n) is 5.02. The normalized spacial score (nSPS) is 15.9. The molecule has 0 radical (unpaired) electrons. The van der Waals surface area contributed by atoms with Crippen LogP contribution in [0.4, 0.5) is 5.69 Å². The fourth-order valence-electron chi connectivity index (χ4n) is 3.69. The van der Waals surface area contributed by atoms with Gasteiger partial charge in [-0.2, -0.15) is 0 Å². The molecule has 1 aliphatic rings. The third-order valence-corrected chi connectivity index (χ3v) is 5.02. The number of aromatic amines is 1. The summed E-state index contributed by atoms with van der Waals surface area (Å²) in [6, 6.07) is 16.0. The molecule has 1 atom stereocenters. The number of H-pyrrole nitrogens is 1. The van der Waals surface area contributed by atoms with Crippen molar-refractivity contribution in [1.82, 2.24) is 10.3 Å². The molecular formula is C21H21N3O2. The molecule has 132 valence electrons. The number of pyridine rings is 1. The SMILES string of the molecule is C[C@H]1Cc2ccccc2N1CCNC(=O)c1c[nH]c2ccccc2c1=O. The molecule has 2 aromatic carbocycles. The second-order valence-corrected chi connectivity index (χ2v) is 6.71. The van der Waals surface area contributed by atoms with Crippen LogP contribution < -0.4 is 15.6 Å². The third kappa shape index (κ3) is 2.86.